The fourth-order valence-corrected chi connectivity index (χ4v) is 8.40. The van der Waals surface area contributed by atoms with E-state index >= 15 is 0 Å². The fourth-order valence-electron chi connectivity index (χ4n) is 8.40. The minimum Gasteiger partial charge on any atom is -0.309 e. The highest BCUT2D eigenvalue weighted by Crippen LogP contribution is 2.44. The Balaban J connectivity index is 1.21. The number of fused-ring (bicyclic) bond motifs is 6. The van der Waals surface area contributed by atoms with Gasteiger partial charge in [0.15, 0.2) is 0 Å². The molecule has 0 aliphatic heterocycles. The molecule has 0 saturated carbocycles. The Morgan fingerprint density at radius 2 is 1.36 bits per heavy atom. The van der Waals surface area contributed by atoms with Gasteiger partial charge in [-0.25, -0.2) is 0 Å². The monoisotopic (exact) mass is 561 g/mol. The van der Waals surface area contributed by atoms with Crippen molar-refractivity contribution in [1.29, 1.82) is 0 Å². The first-order valence-corrected chi connectivity index (χ1v) is 16.0. The lowest BCUT2D eigenvalue weighted by molar-refractivity contribution is 0.898. The predicted molar refractivity (Wildman–Crippen MR) is 188 cm³/mol. The van der Waals surface area contributed by atoms with Crippen LogP contribution in [0.2, 0.25) is 0 Å². The van der Waals surface area contributed by atoms with Crippen molar-refractivity contribution in [3.05, 3.63) is 144 Å². The molecule has 0 atom stereocenters. The lowest BCUT2D eigenvalue weighted by atomic mass is 9.78. The molecule has 1 heteroatoms. The lowest BCUT2D eigenvalue weighted by Crippen LogP contribution is -2.07. The highest BCUT2D eigenvalue weighted by atomic mass is 15.0. The maximum atomic E-state index is 2.51. The van der Waals surface area contributed by atoms with Crippen LogP contribution in [0, 0.1) is 6.92 Å². The molecule has 8 aromatic rings. The van der Waals surface area contributed by atoms with Crippen molar-refractivity contribution in [2.45, 2.75) is 32.6 Å². The van der Waals surface area contributed by atoms with Crippen molar-refractivity contribution >= 4 is 59.7 Å². The molecular formula is C43H31N. The van der Waals surface area contributed by atoms with Gasteiger partial charge in [0.2, 0.25) is 0 Å². The number of nitrogens with zero attached hydrogens (tertiary/aromatic N) is 1. The van der Waals surface area contributed by atoms with E-state index in [-0.39, 0.29) is 0 Å². The van der Waals surface area contributed by atoms with Crippen molar-refractivity contribution in [3.63, 3.8) is 0 Å². The van der Waals surface area contributed by atoms with Crippen LogP contribution in [0.25, 0.3) is 76.5 Å². The largest absolute Gasteiger partial charge is 0.309 e. The summed E-state index contributed by atoms with van der Waals surface area (Å²) in [4.78, 5) is 0. The molecule has 44 heavy (non-hydrogen) atoms. The molecule has 7 aromatic carbocycles. The maximum Gasteiger partial charge on any atom is 0.0620 e. The Bertz CT molecular complexity index is 2520. The third-order valence-corrected chi connectivity index (χ3v) is 10.4. The van der Waals surface area contributed by atoms with Crippen molar-refractivity contribution in [3.8, 4) is 16.8 Å². The molecule has 0 bridgehead atoms. The van der Waals surface area contributed by atoms with Crippen LogP contribution in [-0.2, 0) is 6.42 Å². The second-order valence-electron chi connectivity index (χ2n) is 12.8. The lowest BCUT2D eigenvalue weighted by Gasteiger charge is -2.26. The fraction of sp³-hybridized carbons (Fsp3) is 0.116. The van der Waals surface area contributed by atoms with Gasteiger partial charge in [-0.3, -0.25) is 0 Å². The summed E-state index contributed by atoms with van der Waals surface area (Å²) >= 11 is 0. The minimum atomic E-state index is 1.11. The molecule has 0 amide bonds. The van der Waals surface area contributed by atoms with Crippen molar-refractivity contribution in [1.82, 2.24) is 4.57 Å². The van der Waals surface area contributed by atoms with Crippen LogP contribution in [0.1, 0.15) is 36.0 Å². The summed E-state index contributed by atoms with van der Waals surface area (Å²) in [6, 6.07) is 41.5. The Kier molecular flexibility index (Phi) is 4.94. The normalized spacial score (nSPS) is 14.8. The van der Waals surface area contributed by atoms with E-state index in [0.717, 1.165) is 25.7 Å². The molecule has 0 spiro atoms. The average Bonchev–Trinajstić information content (AvgIpc) is 3.40. The summed E-state index contributed by atoms with van der Waals surface area (Å²) in [5.41, 5.74) is 13.8. The molecule has 0 unspecified atom stereocenters. The van der Waals surface area contributed by atoms with E-state index in [4.69, 9.17) is 0 Å². The van der Waals surface area contributed by atoms with Crippen LogP contribution in [0.3, 0.4) is 0 Å². The third kappa shape index (κ3) is 3.30. The van der Waals surface area contributed by atoms with E-state index < -0.39 is 0 Å². The second kappa shape index (κ2) is 8.94. The highest BCUT2D eigenvalue weighted by Gasteiger charge is 2.22. The second-order valence-corrected chi connectivity index (χ2v) is 12.8. The smallest absolute Gasteiger partial charge is 0.0620 e. The Morgan fingerprint density at radius 1 is 0.591 bits per heavy atom. The number of allylic oxidation sites excluding steroid dienone is 4. The molecular weight excluding hydrogens is 530 g/mol. The van der Waals surface area contributed by atoms with Gasteiger partial charge in [-0.1, -0.05) is 97.1 Å². The number of benzene rings is 7. The van der Waals surface area contributed by atoms with Gasteiger partial charge in [0.05, 0.1) is 11.0 Å². The van der Waals surface area contributed by atoms with Gasteiger partial charge in [-0.15, -0.1) is 0 Å². The third-order valence-electron chi connectivity index (χ3n) is 10.4. The highest BCUT2D eigenvalue weighted by molar-refractivity contribution is 6.31. The molecule has 0 saturated heterocycles. The Hall–Kier alpha value is -5.14. The zero-order valence-electron chi connectivity index (χ0n) is 24.8. The number of aromatic nitrogens is 1. The summed E-state index contributed by atoms with van der Waals surface area (Å²) in [6.07, 6.45) is 9.29. The van der Waals surface area contributed by atoms with Gasteiger partial charge in [0.1, 0.15) is 0 Å². The molecule has 1 aromatic heterocycles. The first kappa shape index (κ1) is 24.3. The van der Waals surface area contributed by atoms with Crippen molar-refractivity contribution in [2.75, 3.05) is 0 Å². The molecule has 0 fully saturated rings. The topological polar surface area (TPSA) is 4.93 Å². The first-order chi connectivity index (χ1) is 21.7. The number of hydrogen-bond donors (Lipinski definition) is 0. The molecule has 0 radical (unpaired) electrons. The molecule has 2 aliphatic rings. The van der Waals surface area contributed by atoms with Gasteiger partial charge >= 0.3 is 0 Å². The van der Waals surface area contributed by atoms with Crippen molar-refractivity contribution in [2.24, 2.45) is 0 Å². The molecule has 2 aliphatic carbocycles. The first-order valence-electron chi connectivity index (χ1n) is 16.0. The van der Waals surface area contributed by atoms with E-state index in [2.05, 4.69) is 133 Å². The number of hydrogen-bond acceptors (Lipinski definition) is 0. The Morgan fingerprint density at radius 3 is 2.25 bits per heavy atom. The van der Waals surface area contributed by atoms with Gasteiger partial charge in [-0.2, -0.15) is 0 Å². The van der Waals surface area contributed by atoms with Crippen LogP contribution >= 0.6 is 0 Å². The molecule has 208 valence electrons. The SMILES string of the molecule is Cc1ccc2c3cc4ccc5cccc6ccc(c4c56)c3n(-c3ccc(-c4cccc5c4CCC4=C5CCC=C4)cc3)c2c1. The summed E-state index contributed by atoms with van der Waals surface area (Å²) in [6.45, 7) is 2.20. The number of aryl methyl sites for hydroxylation is 1. The minimum absolute atomic E-state index is 1.11. The zero-order chi connectivity index (χ0) is 28.9. The van der Waals surface area contributed by atoms with E-state index in [1.165, 1.54) is 87.6 Å². The molecule has 0 N–H and O–H groups in total. The summed E-state index contributed by atoms with van der Waals surface area (Å²) in [5.74, 6) is 0. The molecule has 1 nitrogen and oxygen atoms in total. The summed E-state index contributed by atoms with van der Waals surface area (Å²) in [7, 11) is 0. The van der Waals surface area contributed by atoms with Crippen LogP contribution in [0.15, 0.2) is 127 Å². The van der Waals surface area contributed by atoms with Crippen molar-refractivity contribution < 1.29 is 0 Å². The molecule has 1 heterocycles. The van der Waals surface area contributed by atoms with Gasteiger partial charge in [0, 0.05) is 21.8 Å². The van der Waals surface area contributed by atoms with E-state index in [0.29, 0.717) is 0 Å². The zero-order valence-corrected chi connectivity index (χ0v) is 24.8. The van der Waals surface area contributed by atoms with Crippen LogP contribution < -0.4 is 0 Å². The average molecular weight is 562 g/mol. The molecule has 10 rings (SSSR count). The summed E-state index contributed by atoms with van der Waals surface area (Å²) < 4.78 is 2.51. The van der Waals surface area contributed by atoms with E-state index in [1.54, 1.807) is 11.1 Å². The quantitative estimate of drug-likeness (QED) is 0.185. The van der Waals surface area contributed by atoms with Gasteiger partial charge < -0.3 is 4.57 Å². The van der Waals surface area contributed by atoms with Crippen LogP contribution in [0.5, 0.6) is 0 Å². The van der Waals surface area contributed by atoms with Crippen LogP contribution in [-0.4, -0.2) is 4.57 Å². The van der Waals surface area contributed by atoms with E-state index in [9.17, 15) is 0 Å². The maximum absolute atomic E-state index is 2.51. The Labute approximate surface area is 256 Å². The number of rotatable bonds is 2. The van der Waals surface area contributed by atoms with Gasteiger partial charge in [0.25, 0.3) is 0 Å². The predicted octanol–water partition coefficient (Wildman–Crippen LogP) is 11.7. The van der Waals surface area contributed by atoms with Gasteiger partial charge in [-0.05, 0) is 123 Å². The van der Waals surface area contributed by atoms with Crippen LogP contribution in [0.4, 0.5) is 0 Å². The summed E-state index contributed by atoms with van der Waals surface area (Å²) in [5, 5.41) is 10.6. The standard InChI is InChI=1S/C43H31N/c1-26-12-21-37-39-25-31-14-13-29-7-4-8-30-18-23-38(42(31)41(29)30)43(39)44(40(37)24-26)32-19-15-28(16-20-32)34-10-5-11-35-33-9-3-2-6-27(33)17-22-36(34)35/h2,4-8,10-16,18-21,23-25H,3,9,17,22H2,1H3. The van der Waals surface area contributed by atoms with E-state index in [1.807, 2.05) is 0 Å².